The number of ether oxygens (including phenoxy) is 2. The van der Waals surface area contributed by atoms with Crippen LogP contribution in [0.4, 0.5) is 23.1 Å². The van der Waals surface area contributed by atoms with Crippen LogP contribution in [0.5, 0.6) is 5.75 Å². The van der Waals surface area contributed by atoms with Crippen LogP contribution < -0.4 is 15.4 Å². The Morgan fingerprint density at radius 3 is 2.66 bits per heavy atom. The molecule has 1 aromatic heterocycles. The predicted molar refractivity (Wildman–Crippen MR) is 111 cm³/mol. The van der Waals surface area contributed by atoms with Crippen molar-refractivity contribution in [1.29, 1.82) is 0 Å². The number of hydrogen-bond donors (Lipinski definition) is 3. The number of aryl methyl sites for hydroxylation is 1. The van der Waals surface area contributed by atoms with Crippen LogP contribution in [0, 0.1) is 6.92 Å². The molecule has 0 radical (unpaired) electrons. The van der Waals surface area contributed by atoms with Gasteiger partial charge in [0.25, 0.3) is 0 Å². The third kappa shape index (κ3) is 5.66. The van der Waals surface area contributed by atoms with E-state index in [1.165, 1.54) is 6.07 Å². The molecule has 29 heavy (non-hydrogen) atoms. The largest absolute Gasteiger partial charge is 0.491 e. The molecule has 0 unspecified atom stereocenters. The number of nitrogens with one attached hydrogen (secondary N) is 2. The van der Waals surface area contributed by atoms with Gasteiger partial charge in [0.05, 0.1) is 17.9 Å². The lowest BCUT2D eigenvalue weighted by atomic mass is 10.2. The highest BCUT2D eigenvalue weighted by molar-refractivity contribution is 5.95. The van der Waals surface area contributed by atoms with E-state index in [2.05, 4.69) is 20.6 Å². The fraction of sp³-hybridized carbons (Fsp3) is 0.190. The van der Waals surface area contributed by atoms with Crippen LogP contribution in [0.25, 0.3) is 0 Å². The lowest BCUT2D eigenvalue weighted by Gasteiger charge is -2.12. The zero-order valence-electron chi connectivity index (χ0n) is 16.2. The van der Waals surface area contributed by atoms with Crippen molar-refractivity contribution in [2.45, 2.75) is 6.92 Å². The van der Waals surface area contributed by atoms with Gasteiger partial charge in [-0.3, -0.25) is 0 Å². The topological polar surface area (TPSA) is 106 Å². The van der Waals surface area contributed by atoms with E-state index in [-0.39, 0.29) is 5.56 Å². The first-order valence-electron chi connectivity index (χ1n) is 8.99. The Balaban J connectivity index is 1.78. The van der Waals surface area contributed by atoms with E-state index in [9.17, 15) is 9.90 Å². The van der Waals surface area contributed by atoms with Crippen LogP contribution in [0.1, 0.15) is 16.1 Å². The molecule has 0 saturated carbocycles. The normalized spacial score (nSPS) is 10.4. The SMILES string of the molecule is COCCOc1cccc(Nc2nc(C)cc(Nc3ccccc3C(=O)O)n2)c1. The maximum absolute atomic E-state index is 11.4. The summed E-state index contributed by atoms with van der Waals surface area (Å²) < 4.78 is 10.6. The van der Waals surface area contributed by atoms with Crippen molar-refractivity contribution in [3.63, 3.8) is 0 Å². The summed E-state index contributed by atoms with van der Waals surface area (Å²) in [5, 5.41) is 15.6. The Bertz CT molecular complexity index is 994. The van der Waals surface area contributed by atoms with E-state index in [0.717, 1.165) is 11.4 Å². The smallest absolute Gasteiger partial charge is 0.337 e. The second kappa shape index (κ2) is 9.52. The summed E-state index contributed by atoms with van der Waals surface area (Å²) in [5.41, 5.74) is 2.12. The summed E-state index contributed by atoms with van der Waals surface area (Å²) in [7, 11) is 1.62. The molecule has 0 aliphatic carbocycles. The standard InChI is InChI=1S/C21H22N4O4/c1-14-12-19(24-18-9-4-3-8-17(18)20(26)27)25-21(22-14)23-15-6-5-7-16(13-15)29-11-10-28-2/h3-9,12-13H,10-11H2,1-2H3,(H,26,27)(H2,22,23,24,25). The number of hydrogen-bond acceptors (Lipinski definition) is 7. The number of methoxy groups -OCH3 is 1. The fourth-order valence-corrected chi connectivity index (χ4v) is 2.64. The van der Waals surface area contributed by atoms with Crippen LogP contribution in [-0.2, 0) is 4.74 Å². The Kier molecular flexibility index (Phi) is 6.59. The average Bonchev–Trinajstić information content (AvgIpc) is 2.68. The molecular weight excluding hydrogens is 372 g/mol. The third-order valence-corrected chi connectivity index (χ3v) is 3.92. The number of carboxylic acids is 1. The monoisotopic (exact) mass is 394 g/mol. The predicted octanol–water partition coefficient (Wildman–Crippen LogP) is 4.00. The van der Waals surface area contributed by atoms with Crippen LogP contribution >= 0.6 is 0 Å². The second-order valence-corrected chi connectivity index (χ2v) is 6.19. The minimum atomic E-state index is -1.01. The third-order valence-electron chi connectivity index (χ3n) is 3.92. The van der Waals surface area contributed by atoms with Crippen LogP contribution in [0.2, 0.25) is 0 Å². The summed E-state index contributed by atoms with van der Waals surface area (Å²) in [4.78, 5) is 20.2. The van der Waals surface area contributed by atoms with Crippen molar-refractivity contribution < 1.29 is 19.4 Å². The first-order valence-corrected chi connectivity index (χ1v) is 8.99. The highest BCUT2D eigenvalue weighted by Gasteiger charge is 2.11. The molecule has 0 aliphatic heterocycles. The molecule has 150 valence electrons. The molecule has 0 amide bonds. The van der Waals surface area contributed by atoms with Gasteiger partial charge in [0.2, 0.25) is 5.95 Å². The van der Waals surface area contributed by atoms with Gasteiger partial charge in [-0.25, -0.2) is 9.78 Å². The maximum atomic E-state index is 11.4. The van der Waals surface area contributed by atoms with Crippen molar-refractivity contribution in [2.75, 3.05) is 31.0 Å². The van der Waals surface area contributed by atoms with Gasteiger partial charge in [0.1, 0.15) is 18.2 Å². The molecule has 3 aromatic rings. The van der Waals surface area contributed by atoms with E-state index in [4.69, 9.17) is 9.47 Å². The average molecular weight is 394 g/mol. The summed E-state index contributed by atoms with van der Waals surface area (Å²) in [5.74, 6) is 0.562. The number of aromatic nitrogens is 2. The Morgan fingerprint density at radius 1 is 1.03 bits per heavy atom. The number of aromatic carboxylic acids is 1. The van der Waals surface area contributed by atoms with E-state index in [1.807, 2.05) is 31.2 Å². The summed E-state index contributed by atoms with van der Waals surface area (Å²) in [6.07, 6.45) is 0. The van der Waals surface area contributed by atoms with E-state index in [0.29, 0.717) is 36.4 Å². The van der Waals surface area contributed by atoms with Crippen LogP contribution in [0.15, 0.2) is 54.6 Å². The zero-order chi connectivity index (χ0) is 20.6. The second-order valence-electron chi connectivity index (χ2n) is 6.19. The number of para-hydroxylation sites is 1. The minimum absolute atomic E-state index is 0.166. The quantitative estimate of drug-likeness (QED) is 0.468. The van der Waals surface area contributed by atoms with Gasteiger partial charge < -0.3 is 25.2 Å². The minimum Gasteiger partial charge on any atom is -0.491 e. The molecule has 8 heteroatoms. The van der Waals surface area contributed by atoms with Crippen LogP contribution in [-0.4, -0.2) is 41.4 Å². The first kappa shape index (κ1) is 20.1. The van der Waals surface area contributed by atoms with Gasteiger partial charge >= 0.3 is 5.97 Å². The Labute approximate surface area is 168 Å². The number of nitrogens with zero attached hydrogens (tertiary/aromatic N) is 2. The van der Waals surface area contributed by atoms with Crippen molar-refractivity contribution in [3.8, 4) is 5.75 Å². The molecule has 3 N–H and O–H groups in total. The molecule has 0 atom stereocenters. The van der Waals surface area contributed by atoms with Gasteiger partial charge in [0, 0.05) is 30.6 Å². The molecule has 0 bridgehead atoms. The van der Waals surface area contributed by atoms with Crippen molar-refractivity contribution in [3.05, 3.63) is 65.9 Å². The van der Waals surface area contributed by atoms with E-state index in [1.54, 1.807) is 31.4 Å². The first-order chi connectivity index (χ1) is 14.0. The van der Waals surface area contributed by atoms with E-state index < -0.39 is 5.97 Å². The number of anilines is 4. The van der Waals surface area contributed by atoms with Crippen molar-refractivity contribution >= 4 is 29.1 Å². The van der Waals surface area contributed by atoms with Gasteiger partial charge in [-0.05, 0) is 31.2 Å². The molecule has 1 heterocycles. The lowest BCUT2D eigenvalue weighted by Crippen LogP contribution is -2.06. The van der Waals surface area contributed by atoms with Crippen LogP contribution in [0.3, 0.4) is 0 Å². The number of carboxylic acid groups (broad SMARTS) is 1. The molecular formula is C21H22N4O4. The van der Waals surface area contributed by atoms with Gasteiger partial charge in [-0.2, -0.15) is 4.98 Å². The fourth-order valence-electron chi connectivity index (χ4n) is 2.64. The van der Waals surface area contributed by atoms with Crippen molar-refractivity contribution in [1.82, 2.24) is 9.97 Å². The van der Waals surface area contributed by atoms with Gasteiger partial charge in [-0.1, -0.05) is 18.2 Å². The highest BCUT2D eigenvalue weighted by Crippen LogP contribution is 2.23. The highest BCUT2D eigenvalue weighted by atomic mass is 16.5. The van der Waals surface area contributed by atoms with Crippen molar-refractivity contribution in [2.24, 2.45) is 0 Å². The zero-order valence-corrected chi connectivity index (χ0v) is 16.2. The Morgan fingerprint density at radius 2 is 1.86 bits per heavy atom. The Hall–Kier alpha value is -3.65. The molecule has 8 nitrogen and oxygen atoms in total. The molecule has 0 spiro atoms. The molecule has 0 fully saturated rings. The maximum Gasteiger partial charge on any atom is 0.337 e. The van der Waals surface area contributed by atoms with Gasteiger partial charge in [-0.15, -0.1) is 0 Å². The summed E-state index contributed by atoms with van der Waals surface area (Å²) in [6, 6.07) is 15.8. The van der Waals surface area contributed by atoms with Gasteiger partial charge in [0.15, 0.2) is 0 Å². The molecule has 3 rings (SSSR count). The molecule has 0 saturated heterocycles. The molecule has 0 aliphatic rings. The molecule has 2 aromatic carbocycles. The lowest BCUT2D eigenvalue weighted by molar-refractivity contribution is 0.0698. The summed E-state index contributed by atoms with van der Waals surface area (Å²) in [6.45, 7) is 2.80. The summed E-state index contributed by atoms with van der Waals surface area (Å²) >= 11 is 0. The number of carbonyl (C=O) groups is 1. The number of rotatable bonds is 9. The number of benzene rings is 2. The van der Waals surface area contributed by atoms with E-state index >= 15 is 0 Å².